The lowest BCUT2D eigenvalue weighted by Gasteiger charge is -2.30. The average Bonchev–Trinajstić information content (AvgIpc) is 2.79. The molecule has 0 atom stereocenters. The summed E-state index contributed by atoms with van der Waals surface area (Å²) in [6.07, 6.45) is 3.34. The van der Waals surface area contributed by atoms with E-state index < -0.39 is 5.97 Å². The van der Waals surface area contributed by atoms with Crippen LogP contribution >= 0.6 is 0 Å². The van der Waals surface area contributed by atoms with Crippen molar-refractivity contribution in [2.24, 2.45) is 17.8 Å². The Kier molecular flexibility index (Phi) is 6.02. The van der Waals surface area contributed by atoms with Gasteiger partial charge in [-0.15, -0.1) is 0 Å². The number of carbonyl (C=O) groups is 3. The SMILES string of the molecule is CC(C)C(=O)N1CCCN(C(=O)C2CCC(C(=O)O)CC2)CC1. The van der Waals surface area contributed by atoms with E-state index in [2.05, 4.69) is 0 Å². The molecule has 1 aliphatic carbocycles. The van der Waals surface area contributed by atoms with Crippen LogP contribution in [0.2, 0.25) is 0 Å². The standard InChI is InChI=1S/C17H28N2O4/c1-12(2)15(20)18-8-3-9-19(11-10-18)16(21)13-4-6-14(7-5-13)17(22)23/h12-14H,3-11H2,1-2H3,(H,22,23). The number of rotatable bonds is 3. The minimum atomic E-state index is -0.742. The predicted octanol–water partition coefficient (Wildman–Crippen LogP) is 1.59. The van der Waals surface area contributed by atoms with Crippen molar-refractivity contribution < 1.29 is 19.5 Å². The Labute approximate surface area is 137 Å². The van der Waals surface area contributed by atoms with Crippen molar-refractivity contribution in [2.75, 3.05) is 26.2 Å². The summed E-state index contributed by atoms with van der Waals surface area (Å²) < 4.78 is 0. The van der Waals surface area contributed by atoms with E-state index in [0.29, 0.717) is 51.9 Å². The third-order valence-corrected chi connectivity index (χ3v) is 5.04. The van der Waals surface area contributed by atoms with Gasteiger partial charge in [-0.25, -0.2) is 0 Å². The normalized spacial score (nSPS) is 26.0. The molecule has 0 aromatic carbocycles. The van der Waals surface area contributed by atoms with Gasteiger partial charge in [-0.3, -0.25) is 14.4 Å². The van der Waals surface area contributed by atoms with E-state index in [4.69, 9.17) is 5.11 Å². The Bertz CT molecular complexity index is 456. The van der Waals surface area contributed by atoms with Crippen molar-refractivity contribution in [3.05, 3.63) is 0 Å². The molecule has 130 valence electrons. The number of nitrogens with zero attached hydrogens (tertiary/aromatic N) is 2. The number of amides is 2. The molecule has 1 aliphatic heterocycles. The van der Waals surface area contributed by atoms with Crippen molar-refractivity contribution in [2.45, 2.75) is 46.0 Å². The first kappa shape index (κ1) is 17.8. The van der Waals surface area contributed by atoms with Gasteiger partial charge in [0, 0.05) is 38.0 Å². The first-order chi connectivity index (χ1) is 10.9. The van der Waals surface area contributed by atoms with Crippen LogP contribution in [0.25, 0.3) is 0 Å². The Morgan fingerprint density at radius 2 is 1.39 bits per heavy atom. The largest absolute Gasteiger partial charge is 0.481 e. The van der Waals surface area contributed by atoms with Crippen LogP contribution in [-0.2, 0) is 14.4 Å². The maximum Gasteiger partial charge on any atom is 0.306 e. The highest BCUT2D eigenvalue weighted by Crippen LogP contribution is 2.30. The lowest BCUT2D eigenvalue weighted by atomic mass is 9.81. The Balaban J connectivity index is 1.86. The van der Waals surface area contributed by atoms with Crippen LogP contribution in [0.15, 0.2) is 0 Å². The highest BCUT2D eigenvalue weighted by atomic mass is 16.4. The summed E-state index contributed by atoms with van der Waals surface area (Å²) in [5.74, 6) is -0.786. The smallest absolute Gasteiger partial charge is 0.306 e. The summed E-state index contributed by atoms with van der Waals surface area (Å²) in [7, 11) is 0. The van der Waals surface area contributed by atoms with E-state index in [1.807, 2.05) is 23.6 Å². The summed E-state index contributed by atoms with van der Waals surface area (Å²) in [4.78, 5) is 39.5. The fraction of sp³-hybridized carbons (Fsp3) is 0.824. The van der Waals surface area contributed by atoms with Crippen LogP contribution in [0.1, 0.15) is 46.0 Å². The lowest BCUT2D eigenvalue weighted by Crippen LogP contribution is -2.41. The zero-order valence-electron chi connectivity index (χ0n) is 14.2. The van der Waals surface area contributed by atoms with E-state index in [-0.39, 0.29) is 29.6 Å². The summed E-state index contributed by atoms with van der Waals surface area (Å²) in [6, 6.07) is 0. The van der Waals surface area contributed by atoms with E-state index in [1.165, 1.54) is 0 Å². The molecule has 2 amide bonds. The molecule has 0 aromatic heterocycles. The highest BCUT2D eigenvalue weighted by molar-refractivity contribution is 5.80. The van der Waals surface area contributed by atoms with Gasteiger partial charge in [0.15, 0.2) is 0 Å². The van der Waals surface area contributed by atoms with Crippen LogP contribution in [0, 0.1) is 17.8 Å². The van der Waals surface area contributed by atoms with Gasteiger partial charge in [-0.05, 0) is 32.1 Å². The zero-order chi connectivity index (χ0) is 17.0. The van der Waals surface area contributed by atoms with Gasteiger partial charge in [0.2, 0.25) is 11.8 Å². The van der Waals surface area contributed by atoms with Gasteiger partial charge >= 0.3 is 5.97 Å². The molecule has 2 rings (SSSR count). The van der Waals surface area contributed by atoms with Crippen LogP contribution in [0.4, 0.5) is 0 Å². The van der Waals surface area contributed by atoms with Gasteiger partial charge in [0.05, 0.1) is 5.92 Å². The first-order valence-corrected chi connectivity index (χ1v) is 8.70. The molecule has 1 heterocycles. The molecule has 2 fully saturated rings. The Hall–Kier alpha value is -1.59. The molecule has 0 bridgehead atoms. The van der Waals surface area contributed by atoms with Crippen molar-refractivity contribution in [3.8, 4) is 0 Å². The second kappa shape index (κ2) is 7.79. The molecule has 1 saturated heterocycles. The van der Waals surface area contributed by atoms with Crippen molar-refractivity contribution in [1.82, 2.24) is 9.80 Å². The van der Waals surface area contributed by atoms with Gasteiger partial charge in [-0.2, -0.15) is 0 Å². The lowest BCUT2D eigenvalue weighted by molar-refractivity contribution is -0.145. The molecule has 0 aromatic rings. The van der Waals surface area contributed by atoms with Crippen molar-refractivity contribution >= 4 is 17.8 Å². The zero-order valence-corrected chi connectivity index (χ0v) is 14.2. The molecule has 0 spiro atoms. The van der Waals surface area contributed by atoms with Crippen LogP contribution in [0.5, 0.6) is 0 Å². The van der Waals surface area contributed by atoms with Gasteiger partial charge in [0.1, 0.15) is 0 Å². The Morgan fingerprint density at radius 1 is 0.870 bits per heavy atom. The first-order valence-electron chi connectivity index (χ1n) is 8.70. The van der Waals surface area contributed by atoms with E-state index >= 15 is 0 Å². The van der Waals surface area contributed by atoms with E-state index in [1.54, 1.807) is 0 Å². The van der Waals surface area contributed by atoms with Gasteiger partial charge < -0.3 is 14.9 Å². The van der Waals surface area contributed by atoms with Crippen LogP contribution in [-0.4, -0.2) is 58.9 Å². The van der Waals surface area contributed by atoms with Crippen LogP contribution < -0.4 is 0 Å². The molecule has 6 nitrogen and oxygen atoms in total. The minimum Gasteiger partial charge on any atom is -0.481 e. The quantitative estimate of drug-likeness (QED) is 0.855. The number of carboxylic acids is 1. The average molecular weight is 324 g/mol. The maximum atomic E-state index is 12.7. The summed E-state index contributed by atoms with van der Waals surface area (Å²) in [5.41, 5.74) is 0. The fourth-order valence-corrected chi connectivity index (χ4v) is 3.57. The number of carboxylic acid groups (broad SMARTS) is 1. The molecule has 1 N–H and O–H groups in total. The molecule has 0 unspecified atom stereocenters. The highest BCUT2D eigenvalue weighted by Gasteiger charge is 2.33. The van der Waals surface area contributed by atoms with Gasteiger partial charge in [0.25, 0.3) is 0 Å². The Morgan fingerprint density at radius 3 is 1.96 bits per heavy atom. The van der Waals surface area contributed by atoms with E-state index in [0.717, 1.165) is 6.42 Å². The monoisotopic (exact) mass is 324 g/mol. The van der Waals surface area contributed by atoms with Gasteiger partial charge in [-0.1, -0.05) is 13.8 Å². The predicted molar refractivity (Wildman–Crippen MR) is 85.7 cm³/mol. The second-order valence-electron chi connectivity index (χ2n) is 7.05. The molecular formula is C17H28N2O4. The van der Waals surface area contributed by atoms with Crippen molar-refractivity contribution in [1.29, 1.82) is 0 Å². The number of hydrogen-bond acceptors (Lipinski definition) is 3. The molecule has 0 radical (unpaired) electrons. The van der Waals surface area contributed by atoms with Crippen molar-refractivity contribution in [3.63, 3.8) is 0 Å². The summed E-state index contributed by atoms with van der Waals surface area (Å²) in [6.45, 7) is 6.41. The summed E-state index contributed by atoms with van der Waals surface area (Å²) >= 11 is 0. The fourth-order valence-electron chi connectivity index (χ4n) is 3.57. The molecular weight excluding hydrogens is 296 g/mol. The third kappa shape index (κ3) is 4.45. The second-order valence-corrected chi connectivity index (χ2v) is 7.05. The number of carbonyl (C=O) groups excluding carboxylic acids is 2. The molecule has 1 saturated carbocycles. The topological polar surface area (TPSA) is 77.9 Å². The molecule has 6 heteroatoms. The molecule has 2 aliphatic rings. The number of aliphatic carboxylic acids is 1. The van der Waals surface area contributed by atoms with Crippen LogP contribution in [0.3, 0.4) is 0 Å². The summed E-state index contributed by atoms with van der Waals surface area (Å²) in [5, 5.41) is 9.04. The number of hydrogen-bond donors (Lipinski definition) is 1. The third-order valence-electron chi connectivity index (χ3n) is 5.04. The maximum absolute atomic E-state index is 12.7. The minimum absolute atomic E-state index is 0.0106. The van der Waals surface area contributed by atoms with E-state index in [9.17, 15) is 14.4 Å². The molecule has 23 heavy (non-hydrogen) atoms.